The summed E-state index contributed by atoms with van der Waals surface area (Å²) in [5.74, 6) is 0.529. The highest BCUT2D eigenvalue weighted by Crippen LogP contribution is 2.43. The van der Waals surface area contributed by atoms with Crippen molar-refractivity contribution in [3.05, 3.63) is 0 Å². The lowest BCUT2D eigenvalue weighted by Crippen LogP contribution is -2.21. The average molecular weight is 161 g/mol. The molecule has 1 saturated heterocycles. The molecule has 0 spiro atoms. The smallest absolute Gasteiger partial charge is 0.242 e. The van der Waals surface area contributed by atoms with Crippen molar-refractivity contribution in [2.24, 2.45) is 17.8 Å². The third-order valence-corrected chi connectivity index (χ3v) is 2.86. The number of hydrogen-bond donors (Lipinski definition) is 1. The normalized spacial score (nSPS) is 38.5. The van der Waals surface area contributed by atoms with Crippen molar-refractivity contribution in [3.8, 4) is 0 Å². The largest absolute Gasteiger partial charge is 0.316 e. The summed E-state index contributed by atoms with van der Waals surface area (Å²) in [5.41, 5.74) is 0. The Balaban J connectivity index is 1.95. The Morgan fingerprint density at radius 2 is 1.91 bits per heavy atom. The molecule has 1 aliphatic heterocycles. The Morgan fingerprint density at radius 1 is 1.18 bits per heavy atom. The molecule has 64 valence electrons. The van der Waals surface area contributed by atoms with E-state index in [4.69, 9.17) is 0 Å². The topological polar surface area (TPSA) is 12.0 Å². The van der Waals surface area contributed by atoms with Gasteiger partial charge in [0.1, 0.15) is 0 Å². The molecule has 2 rings (SSSR count). The van der Waals surface area contributed by atoms with Gasteiger partial charge in [-0.1, -0.05) is 0 Å². The van der Waals surface area contributed by atoms with Gasteiger partial charge in [0.05, 0.1) is 0 Å². The quantitative estimate of drug-likeness (QED) is 0.647. The van der Waals surface area contributed by atoms with Crippen LogP contribution in [-0.2, 0) is 0 Å². The molecule has 0 amide bonds. The fourth-order valence-corrected chi connectivity index (χ4v) is 2.04. The van der Waals surface area contributed by atoms with Crippen molar-refractivity contribution in [1.29, 1.82) is 0 Å². The van der Waals surface area contributed by atoms with Crippen LogP contribution < -0.4 is 5.32 Å². The zero-order valence-corrected chi connectivity index (χ0v) is 6.39. The van der Waals surface area contributed by atoms with Crippen LogP contribution in [0.1, 0.15) is 12.8 Å². The third-order valence-electron chi connectivity index (χ3n) is 2.86. The van der Waals surface area contributed by atoms with Crippen LogP contribution in [-0.4, -0.2) is 19.5 Å². The average Bonchev–Trinajstić information content (AvgIpc) is 2.68. The van der Waals surface area contributed by atoms with Gasteiger partial charge in [-0.25, -0.2) is 8.78 Å². The molecule has 1 heterocycles. The van der Waals surface area contributed by atoms with Crippen LogP contribution in [0.2, 0.25) is 0 Å². The van der Waals surface area contributed by atoms with E-state index < -0.39 is 6.43 Å². The minimum absolute atomic E-state index is 0.273. The third kappa shape index (κ3) is 1.39. The maximum Gasteiger partial charge on any atom is 0.242 e. The zero-order chi connectivity index (χ0) is 7.84. The van der Waals surface area contributed by atoms with Crippen molar-refractivity contribution in [2.45, 2.75) is 19.3 Å². The summed E-state index contributed by atoms with van der Waals surface area (Å²) in [6.45, 7) is 1.35. The van der Waals surface area contributed by atoms with Crippen LogP contribution in [0, 0.1) is 17.8 Å². The summed E-state index contributed by atoms with van der Waals surface area (Å²) in [5, 5.41) is 3.05. The van der Waals surface area contributed by atoms with E-state index in [-0.39, 0.29) is 11.8 Å². The fourth-order valence-electron chi connectivity index (χ4n) is 2.04. The molecule has 0 aromatic carbocycles. The molecule has 1 N–H and O–H groups in total. The second kappa shape index (κ2) is 2.70. The fraction of sp³-hybridized carbons (Fsp3) is 1.00. The van der Waals surface area contributed by atoms with Gasteiger partial charge in [0.15, 0.2) is 0 Å². The molecular weight excluding hydrogens is 148 g/mol. The summed E-state index contributed by atoms with van der Waals surface area (Å²) < 4.78 is 24.7. The SMILES string of the molecule is FC(F)C1CNCC1C1CC1. The molecule has 1 aliphatic carbocycles. The van der Waals surface area contributed by atoms with E-state index in [1.54, 1.807) is 0 Å². The molecule has 1 saturated carbocycles. The molecule has 3 heteroatoms. The highest BCUT2D eigenvalue weighted by atomic mass is 19.3. The first-order valence-electron chi connectivity index (χ1n) is 4.28. The maximum atomic E-state index is 12.3. The van der Waals surface area contributed by atoms with E-state index in [1.807, 2.05) is 0 Å². The van der Waals surface area contributed by atoms with Gasteiger partial charge < -0.3 is 5.32 Å². The predicted octanol–water partition coefficient (Wildman–Crippen LogP) is 1.50. The number of nitrogens with one attached hydrogen (secondary N) is 1. The summed E-state index contributed by atoms with van der Waals surface area (Å²) in [6.07, 6.45) is 0.237. The highest BCUT2D eigenvalue weighted by Gasteiger charge is 2.42. The van der Waals surface area contributed by atoms with Crippen LogP contribution in [0.4, 0.5) is 8.78 Å². The summed E-state index contributed by atoms with van der Waals surface area (Å²) in [4.78, 5) is 0. The molecule has 2 atom stereocenters. The Bertz CT molecular complexity index is 137. The van der Waals surface area contributed by atoms with E-state index in [0.29, 0.717) is 12.5 Å². The first kappa shape index (κ1) is 7.47. The van der Waals surface area contributed by atoms with Crippen molar-refractivity contribution in [3.63, 3.8) is 0 Å². The predicted molar refractivity (Wildman–Crippen MR) is 38.6 cm³/mol. The Labute approximate surface area is 65.2 Å². The molecule has 2 unspecified atom stereocenters. The van der Waals surface area contributed by atoms with Crippen LogP contribution in [0.5, 0.6) is 0 Å². The van der Waals surface area contributed by atoms with Gasteiger partial charge in [0.2, 0.25) is 6.43 Å². The second-order valence-electron chi connectivity index (χ2n) is 3.66. The lowest BCUT2D eigenvalue weighted by Gasteiger charge is -2.16. The maximum absolute atomic E-state index is 12.3. The number of alkyl halides is 2. The standard InChI is InChI=1S/C8H13F2N/c9-8(10)7-4-11-3-6(7)5-1-2-5/h5-8,11H,1-4H2. The summed E-state index contributed by atoms with van der Waals surface area (Å²) in [7, 11) is 0. The second-order valence-corrected chi connectivity index (χ2v) is 3.66. The molecular formula is C8H13F2N. The lowest BCUT2D eigenvalue weighted by atomic mass is 9.92. The van der Waals surface area contributed by atoms with Crippen molar-refractivity contribution in [1.82, 2.24) is 5.32 Å². The molecule has 2 aliphatic rings. The molecule has 1 nitrogen and oxygen atoms in total. The van der Waals surface area contributed by atoms with Crippen molar-refractivity contribution >= 4 is 0 Å². The van der Waals surface area contributed by atoms with Gasteiger partial charge in [-0.15, -0.1) is 0 Å². The van der Waals surface area contributed by atoms with Crippen molar-refractivity contribution < 1.29 is 8.78 Å². The Hall–Kier alpha value is -0.180. The summed E-state index contributed by atoms with van der Waals surface area (Å²) >= 11 is 0. The number of halogens is 2. The molecule has 0 bridgehead atoms. The van der Waals surface area contributed by atoms with Crippen LogP contribution in [0.3, 0.4) is 0 Å². The first-order chi connectivity index (χ1) is 5.29. The molecule has 0 aromatic rings. The lowest BCUT2D eigenvalue weighted by molar-refractivity contribution is 0.0593. The van der Waals surface area contributed by atoms with Gasteiger partial charge in [-0.05, 0) is 31.2 Å². The zero-order valence-electron chi connectivity index (χ0n) is 6.39. The van der Waals surface area contributed by atoms with Crippen LogP contribution >= 0.6 is 0 Å². The minimum atomic E-state index is -2.12. The molecule has 0 radical (unpaired) electrons. The van der Waals surface area contributed by atoms with E-state index >= 15 is 0 Å². The van der Waals surface area contributed by atoms with E-state index in [1.165, 1.54) is 12.8 Å². The van der Waals surface area contributed by atoms with Crippen LogP contribution in [0.15, 0.2) is 0 Å². The highest BCUT2D eigenvalue weighted by molar-refractivity contribution is 4.92. The Morgan fingerprint density at radius 3 is 2.45 bits per heavy atom. The van der Waals surface area contributed by atoms with E-state index in [9.17, 15) is 8.78 Å². The van der Waals surface area contributed by atoms with E-state index in [2.05, 4.69) is 5.32 Å². The molecule has 0 aromatic heterocycles. The Kier molecular flexibility index (Phi) is 1.83. The van der Waals surface area contributed by atoms with Crippen LogP contribution in [0.25, 0.3) is 0 Å². The first-order valence-corrected chi connectivity index (χ1v) is 4.28. The number of hydrogen-bond acceptors (Lipinski definition) is 1. The minimum Gasteiger partial charge on any atom is -0.316 e. The summed E-state index contributed by atoms with van der Waals surface area (Å²) in [6, 6.07) is 0. The number of rotatable bonds is 2. The van der Waals surface area contributed by atoms with Gasteiger partial charge in [-0.2, -0.15) is 0 Å². The monoisotopic (exact) mass is 161 g/mol. The van der Waals surface area contributed by atoms with Gasteiger partial charge in [0.25, 0.3) is 0 Å². The van der Waals surface area contributed by atoms with Gasteiger partial charge in [-0.3, -0.25) is 0 Å². The molecule has 2 fully saturated rings. The molecule has 11 heavy (non-hydrogen) atoms. The van der Waals surface area contributed by atoms with E-state index in [0.717, 1.165) is 6.54 Å². The van der Waals surface area contributed by atoms with Crippen molar-refractivity contribution in [2.75, 3.05) is 13.1 Å². The van der Waals surface area contributed by atoms with Gasteiger partial charge in [0, 0.05) is 12.5 Å². The van der Waals surface area contributed by atoms with Gasteiger partial charge >= 0.3 is 0 Å².